The van der Waals surface area contributed by atoms with Crippen molar-refractivity contribution in [2.24, 2.45) is 0 Å². The number of ether oxygens (including phenoxy) is 2. The molecule has 9 nitrogen and oxygen atoms in total. The zero-order valence-electron chi connectivity index (χ0n) is 21.0. The van der Waals surface area contributed by atoms with E-state index in [1.165, 1.54) is 24.5 Å². The largest absolute Gasteiger partial charge is 0.456 e. The highest BCUT2D eigenvalue weighted by Crippen LogP contribution is 2.36. The van der Waals surface area contributed by atoms with Crippen LogP contribution >= 0.6 is 11.6 Å². The van der Waals surface area contributed by atoms with Crippen LogP contribution in [0.5, 0.6) is 11.5 Å². The van der Waals surface area contributed by atoms with E-state index in [0.717, 1.165) is 12.1 Å². The lowest BCUT2D eigenvalue weighted by Crippen LogP contribution is -2.29. The van der Waals surface area contributed by atoms with Gasteiger partial charge >= 0.3 is 6.18 Å². The van der Waals surface area contributed by atoms with Crippen molar-refractivity contribution in [2.75, 3.05) is 36.9 Å². The molecule has 1 amide bonds. The van der Waals surface area contributed by atoms with E-state index in [2.05, 4.69) is 25.9 Å². The fourth-order valence-corrected chi connectivity index (χ4v) is 3.96. The quantitative estimate of drug-likeness (QED) is 0.256. The number of carbonyl (C=O) groups is 1. The van der Waals surface area contributed by atoms with Crippen LogP contribution in [-0.2, 0) is 15.7 Å². The first kappa shape index (κ1) is 28.7. The monoisotopic (exact) mass is 572 g/mol. The average molecular weight is 573 g/mol. The number of aromatic nitrogens is 2. The summed E-state index contributed by atoms with van der Waals surface area (Å²) >= 11 is 6.37. The third-order valence-electron chi connectivity index (χ3n) is 5.65. The van der Waals surface area contributed by atoms with Gasteiger partial charge in [0.1, 0.15) is 29.5 Å². The first-order chi connectivity index (χ1) is 19.2. The lowest BCUT2D eigenvalue weighted by Gasteiger charge is -2.14. The third kappa shape index (κ3) is 7.62. The molecule has 0 aliphatic carbocycles. The first-order valence-electron chi connectivity index (χ1n) is 12.2. The lowest BCUT2D eigenvalue weighted by atomic mass is 10.1. The predicted octanol–water partition coefficient (Wildman–Crippen LogP) is 5.93. The van der Waals surface area contributed by atoms with E-state index in [1.807, 2.05) is 6.07 Å². The minimum Gasteiger partial charge on any atom is -0.456 e. The Labute approximate surface area is 233 Å². The molecular formula is C27H24ClF3N6O3. The summed E-state index contributed by atoms with van der Waals surface area (Å²) in [4.78, 5) is 21.3. The second-order valence-electron chi connectivity index (χ2n) is 8.51. The Morgan fingerprint density at radius 1 is 1.18 bits per heavy atom. The molecule has 0 bridgehead atoms. The Balaban J connectivity index is 1.47. The van der Waals surface area contributed by atoms with Gasteiger partial charge in [-0.15, -0.1) is 0 Å². The number of rotatable bonds is 10. The van der Waals surface area contributed by atoms with Gasteiger partial charge in [-0.1, -0.05) is 17.7 Å². The predicted molar refractivity (Wildman–Crippen MR) is 143 cm³/mol. The van der Waals surface area contributed by atoms with Crippen LogP contribution in [0.3, 0.4) is 0 Å². The van der Waals surface area contributed by atoms with Crippen molar-refractivity contribution in [1.29, 1.82) is 5.26 Å². The van der Waals surface area contributed by atoms with Gasteiger partial charge in [-0.25, -0.2) is 9.97 Å². The molecule has 0 spiro atoms. The van der Waals surface area contributed by atoms with Gasteiger partial charge in [0.15, 0.2) is 0 Å². The summed E-state index contributed by atoms with van der Waals surface area (Å²) in [5, 5.41) is 17.8. The Morgan fingerprint density at radius 2 is 2.02 bits per heavy atom. The average Bonchev–Trinajstić information content (AvgIpc) is 3.15. The number of halogens is 4. The minimum atomic E-state index is -4.50. The van der Waals surface area contributed by atoms with E-state index in [-0.39, 0.29) is 28.8 Å². The summed E-state index contributed by atoms with van der Waals surface area (Å²) in [5.74, 6) is 0.856. The van der Waals surface area contributed by atoms with Crippen LogP contribution in [0.25, 0.3) is 6.08 Å². The zero-order valence-corrected chi connectivity index (χ0v) is 21.8. The van der Waals surface area contributed by atoms with Crippen molar-refractivity contribution in [1.82, 2.24) is 15.3 Å². The maximum atomic E-state index is 13.0. The van der Waals surface area contributed by atoms with E-state index in [0.29, 0.717) is 61.2 Å². The molecule has 1 aliphatic rings. The van der Waals surface area contributed by atoms with Crippen molar-refractivity contribution in [3.05, 3.63) is 70.5 Å². The summed E-state index contributed by atoms with van der Waals surface area (Å²) in [7, 11) is 0. The van der Waals surface area contributed by atoms with Crippen molar-refractivity contribution >= 4 is 40.9 Å². The Kier molecular flexibility index (Phi) is 9.42. The summed E-state index contributed by atoms with van der Waals surface area (Å²) < 4.78 is 49.9. The number of benzene rings is 2. The van der Waals surface area contributed by atoms with E-state index in [4.69, 9.17) is 26.3 Å². The number of nitrogens with one attached hydrogen (secondary N) is 3. The molecule has 3 aromatic rings. The summed E-state index contributed by atoms with van der Waals surface area (Å²) in [5.41, 5.74) is 0.780. The molecule has 3 N–H and O–H groups in total. The van der Waals surface area contributed by atoms with Crippen molar-refractivity contribution in [3.8, 4) is 17.6 Å². The smallest absolute Gasteiger partial charge is 0.416 e. The minimum absolute atomic E-state index is 0.00528. The number of hydrogen-bond acceptors (Lipinski definition) is 8. The SMILES string of the molecule is N#CCCOCCNC(=O)C1=Cc2c(ncnc2Nc2ccc(Oc3cccc(C(F)(F)F)c3)c(Cl)c2)NCC1. The van der Waals surface area contributed by atoms with Gasteiger partial charge in [-0.2, -0.15) is 18.4 Å². The molecular weight excluding hydrogens is 549 g/mol. The number of hydrogen-bond donors (Lipinski definition) is 3. The number of nitrogens with zero attached hydrogens (tertiary/aromatic N) is 3. The van der Waals surface area contributed by atoms with E-state index in [9.17, 15) is 18.0 Å². The van der Waals surface area contributed by atoms with Gasteiger partial charge in [0, 0.05) is 24.4 Å². The Bertz CT molecular complexity index is 1440. The summed E-state index contributed by atoms with van der Waals surface area (Å²) in [6, 6.07) is 11.2. The van der Waals surface area contributed by atoms with Crippen LogP contribution in [-0.4, -0.2) is 42.2 Å². The maximum Gasteiger partial charge on any atom is 0.416 e. The number of amides is 1. The van der Waals surface area contributed by atoms with Crippen LogP contribution in [0.4, 0.5) is 30.5 Å². The number of anilines is 3. The maximum absolute atomic E-state index is 13.0. The lowest BCUT2D eigenvalue weighted by molar-refractivity contribution is -0.137. The van der Waals surface area contributed by atoms with Gasteiger partial charge in [-0.3, -0.25) is 4.79 Å². The highest BCUT2D eigenvalue weighted by Gasteiger charge is 2.30. The fourth-order valence-electron chi connectivity index (χ4n) is 3.74. The molecule has 2 heterocycles. The molecule has 0 radical (unpaired) electrons. The van der Waals surface area contributed by atoms with Crippen molar-refractivity contribution in [3.63, 3.8) is 0 Å². The molecule has 4 rings (SSSR count). The molecule has 40 heavy (non-hydrogen) atoms. The molecule has 0 saturated heterocycles. The molecule has 2 aromatic carbocycles. The number of fused-ring (bicyclic) bond motifs is 1. The van der Waals surface area contributed by atoms with Gasteiger partial charge in [-0.05, 0) is 48.9 Å². The first-order valence-corrected chi connectivity index (χ1v) is 12.6. The molecule has 0 saturated carbocycles. The summed E-state index contributed by atoms with van der Waals surface area (Å²) in [6.45, 7) is 1.38. The van der Waals surface area contributed by atoms with E-state index in [1.54, 1.807) is 18.2 Å². The fraction of sp³-hybridized carbons (Fsp3) is 0.259. The Hall–Kier alpha value is -4.34. The van der Waals surface area contributed by atoms with Gasteiger partial charge in [0.05, 0.1) is 41.9 Å². The Morgan fingerprint density at radius 3 is 2.80 bits per heavy atom. The van der Waals surface area contributed by atoms with Gasteiger partial charge in [0.2, 0.25) is 5.91 Å². The topological polar surface area (TPSA) is 121 Å². The summed E-state index contributed by atoms with van der Waals surface area (Å²) in [6.07, 6.45) is -0.684. The highest BCUT2D eigenvalue weighted by atomic mass is 35.5. The molecule has 208 valence electrons. The number of carbonyl (C=O) groups excluding carboxylic acids is 1. The van der Waals surface area contributed by atoms with Crippen molar-refractivity contribution < 1.29 is 27.4 Å². The van der Waals surface area contributed by atoms with Crippen LogP contribution in [0.2, 0.25) is 5.02 Å². The zero-order chi connectivity index (χ0) is 28.5. The van der Waals surface area contributed by atoms with Crippen LogP contribution in [0, 0.1) is 11.3 Å². The molecule has 1 aromatic heterocycles. The van der Waals surface area contributed by atoms with Crippen LogP contribution in [0.15, 0.2) is 54.4 Å². The van der Waals surface area contributed by atoms with E-state index >= 15 is 0 Å². The van der Waals surface area contributed by atoms with Crippen molar-refractivity contribution in [2.45, 2.75) is 19.0 Å². The van der Waals surface area contributed by atoms with Gasteiger partial charge in [0.25, 0.3) is 0 Å². The standard InChI is InChI=1S/C27H24ClF3N6O3/c28-22-15-19(5-6-23(22)40-20-4-1-3-18(14-20)27(29,30)31)37-25-21-13-17(7-9-33-24(21)35-16-36-25)26(38)34-10-12-39-11-2-8-32/h1,3-6,13-16H,2,7,9-12H2,(H,34,38)(H2,33,35,36,37). The molecule has 0 atom stereocenters. The molecule has 0 fully saturated rings. The second-order valence-corrected chi connectivity index (χ2v) is 8.91. The highest BCUT2D eigenvalue weighted by molar-refractivity contribution is 6.32. The van der Waals surface area contributed by atoms with Crippen LogP contribution < -0.4 is 20.7 Å². The number of nitriles is 1. The third-order valence-corrected chi connectivity index (χ3v) is 5.95. The van der Waals surface area contributed by atoms with E-state index < -0.39 is 11.7 Å². The normalized spacial score (nSPS) is 12.7. The number of alkyl halides is 3. The van der Waals surface area contributed by atoms with Crippen LogP contribution in [0.1, 0.15) is 24.0 Å². The second kappa shape index (κ2) is 13.1. The van der Waals surface area contributed by atoms with Gasteiger partial charge < -0.3 is 25.4 Å². The molecule has 0 unspecified atom stereocenters. The molecule has 1 aliphatic heterocycles. The molecule has 13 heteroatoms.